The highest BCUT2D eigenvalue weighted by molar-refractivity contribution is 6.31. The lowest BCUT2D eigenvalue weighted by molar-refractivity contribution is -0.384. The first kappa shape index (κ1) is 16.8. The Kier molecular flexibility index (Phi) is 5.18. The number of rotatable bonds is 4. The number of benzene rings is 2. The zero-order valence-corrected chi connectivity index (χ0v) is 13.4. The van der Waals surface area contributed by atoms with Crippen LogP contribution >= 0.6 is 11.6 Å². The minimum Gasteiger partial charge on any atom is -0.321 e. The summed E-state index contributed by atoms with van der Waals surface area (Å²) < 4.78 is 0. The minimum atomic E-state index is -0.508. The summed E-state index contributed by atoms with van der Waals surface area (Å²) in [5.41, 5.74) is 1.11. The highest BCUT2D eigenvalue weighted by Crippen LogP contribution is 2.27. The van der Waals surface area contributed by atoms with Crippen molar-refractivity contribution < 1.29 is 9.72 Å². The van der Waals surface area contributed by atoms with Crippen molar-refractivity contribution in [2.45, 2.75) is 13.0 Å². The molecule has 7 heteroatoms. The van der Waals surface area contributed by atoms with E-state index in [0.717, 1.165) is 5.56 Å². The second-order valence-corrected chi connectivity index (χ2v) is 5.45. The number of hydrogen-bond donors (Lipinski definition) is 1. The van der Waals surface area contributed by atoms with Crippen LogP contribution < -0.4 is 5.32 Å². The van der Waals surface area contributed by atoms with Gasteiger partial charge in [0, 0.05) is 29.9 Å². The van der Waals surface area contributed by atoms with Crippen molar-refractivity contribution in [2.75, 3.05) is 12.4 Å². The molecular weight excluding hydrogens is 318 g/mol. The lowest BCUT2D eigenvalue weighted by atomic mass is 10.1. The fourth-order valence-electron chi connectivity index (χ4n) is 2.11. The quantitative estimate of drug-likeness (QED) is 0.662. The molecule has 0 saturated heterocycles. The van der Waals surface area contributed by atoms with Gasteiger partial charge in [-0.3, -0.25) is 10.1 Å². The van der Waals surface area contributed by atoms with Crippen LogP contribution in [0.15, 0.2) is 48.5 Å². The van der Waals surface area contributed by atoms with Crippen molar-refractivity contribution in [3.63, 3.8) is 0 Å². The monoisotopic (exact) mass is 333 g/mol. The molecule has 0 bridgehead atoms. The fraction of sp³-hybridized carbons (Fsp3) is 0.188. The van der Waals surface area contributed by atoms with Gasteiger partial charge in [0.05, 0.1) is 11.0 Å². The van der Waals surface area contributed by atoms with Crippen molar-refractivity contribution in [1.29, 1.82) is 0 Å². The van der Waals surface area contributed by atoms with Gasteiger partial charge in [-0.1, -0.05) is 35.9 Å². The number of nitro groups is 1. The Morgan fingerprint density at radius 2 is 1.96 bits per heavy atom. The number of carbonyl (C=O) groups excluding carboxylic acids is 1. The Morgan fingerprint density at radius 3 is 2.61 bits per heavy atom. The van der Waals surface area contributed by atoms with E-state index in [-0.39, 0.29) is 17.8 Å². The smallest absolute Gasteiger partial charge is 0.321 e. The van der Waals surface area contributed by atoms with Gasteiger partial charge in [0.1, 0.15) is 0 Å². The number of urea groups is 1. The Balaban J connectivity index is 2.12. The van der Waals surface area contributed by atoms with Crippen LogP contribution in [0.4, 0.5) is 16.2 Å². The molecule has 23 heavy (non-hydrogen) atoms. The Morgan fingerprint density at radius 1 is 1.26 bits per heavy atom. The molecule has 0 saturated carbocycles. The summed E-state index contributed by atoms with van der Waals surface area (Å²) in [6.45, 7) is 1.86. The number of nitrogens with zero attached hydrogens (tertiary/aromatic N) is 2. The van der Waals surface area contributed by atoms with E-state index in [1.807, 2.05) is 25.1 Å². The normalized spacial score (nSPS) is 11.6. The van der Waals surface area contributed by atoms with Crippen LogP contribution in [-0.4, -0.2) is 22.9 Å². The topological polar surface area (TPSA) is 75.5 Å². The maximum atomic E-state index is 12.3. The maximum absolute atomic E-state index is 12.3. The molecule has 1 N–H and O–H groups in total. The third kappa shape index (κ3) is 3.98. The molecule has 2 rings (SSSR count). The van der Waals surface area contributed by atoms with E-state index in [1.165, 1.54) is 23.1 Å². The standard InChI is InChI=1S/C16H16ClN3O3/c1-11(14-8-3-4-9-15(14)17)19(2)16(21)18-12-6-5-7-13(10-12)20(22)23/h3-11H,1-2H3,(H,18,21). The molecule has 0 aliphatic carbocycles. The first-order valence-electron chi connectivity index (χ1n) is 6.93. The molecule has 1 unspecified atom stereocenters. The van der Waals surface area contributed by atoms with Crippen molar-refractivity contribution >= 4 is 29.0 Å². The van der Waals surface area contributed by atoms with E-state index in [9.17, 15) is 14.9 Å². The van der Waals surface area contributed by atoms with Crippen molar-refractivity contribution in [3.05, 3.63) is 69.2 Å². The summed E-state index contributed by atoms with van der Waals surface area (Å²) in [6, 6.07) is 12.5. The van der Waals surface area contributed by atoms with Gasteiger partial charge >= 0.3 is 6.03 Å². The molecular formula is C16H16ClN3O3. The van der Waals surface area contributed by atoms with Crippen LogP contribution in [0, 0.1) is 10.1 Å². The van der Waals surface area contributed by atoms with Crippen LogP contribution in [0.1, 0.15) is 18.5 Å². The first-order chi connectivity index (χ1) is 10.9. The van der Waals surface area contributed by atoms with Gasteiger partial charge in [-0.2, -0.15) is 0 Å². The van der Waals surface area contributed by atoms with Gasteiger partial charge < -0.3 is 10.2 Å². The first-order valence-corrected chi connectivity index (χ1v) is 7.30. The molecule has 2 amide bonds. The summed E-state index contributed by atoms with van der Waals surface area (Å²) in [5.74, 6) is 0. The maximum Gasteiger partial charge on any atom is 0.322 e. The van der Waals surface area contributed by atoms with E-state index in [1.54, 1.807) is 19.2 Å². The average molecular weight is 334 g/mol. The summed E-state index contributed by atoms with van der Waals surface area (Å²) in [7, 11) is 1.64. The van der Waals surface area contributed by atoms with Gasteiger partial charge in [-0.15, -0.1) is 0 Å². The van der Waals surface area contributed by atoms with Crippen molar-refractivity contribution in [3.8, 4) is 0 Å². The number of nitro benzene ring substituents is 1. The van der Waals surface area contributed by atoms with E-state index >= 15 is 0 Å². The second kappa shape index (κ2) is 7.11. The number of nitrogens with one attached hydrogen (secondary N) is 1. The molecule has 0 heterocycles. The highest BCUT2D eigenvalue weighted by Gasteiger charge is 2.19. The molecule has 0 aliphatic heterocycles. The van der Waals surface area contributed by atoms with E-state index in [0.29, 0.717) is 10.7 Å². The number of anilines is 1. The van der Waals surface area contributed by atoms with Gasteiger partial charge in [-0.25, -0.2) is 4.79 Å². The van der Waals surface area contributed by atoms with Gasteiger partial charge in [0.25, 0.3) is 5.69 Å². The van der Waals surface area contributed by atoms with Crippen LogP contribution in [0.2, 0.25) is 5.02 Å². The number of halogens is 1. The van der Waals surface area contributed by atoms with Crippen LogP contribution in [0.25, 0.3) is 0 Å². The highest BCUT2D eigenvalue weighted by atomic mass is 35.5. The zero-order valence-electron chi connectivity index (χ0n) is 12.7. The molecule has 6 nitrogen and oxygen atoms in total. The van der Waals surface area contributed by atoms with Crippen molar-refractivity contribution in [1.82, 2.24) is 4.90 Å². The number of carbonyl (C=O) groups is 1. The number of non-ortho nitro benzene ring substituents is 1. The average Bonchev–Trinajstić information content (AvgIpc) is 2.54. The second-order valence-electron chi connectivity index (χ2n) is 5.05. The lowest BCUT2D eigenvalue weighted by Crippen LogP contribution is -2.33. The van der Waals surface area contributed by atoms with E-state index < -0.39 is 4.92 Å². The predicted octanol–water partition coefficient (Wildman–Crippen LogP) is 4.47. The van der Waals surface area contributed by atoms with Crippen molar-refractivity contribution in [2.24, 2.45) is 0 Å². The Bertz CT molecular complexity index is 736. The molecule has 1 atom stereocenters. The van der Waals surface area contributed by atoms with Gasteiger partial charge in [0.2, 0.25) is 0 Å². The lowest BCUT2D eigenvalue weighted by Gasteiger charge is -2.26. The number of hydrogen-bond acceptors (Lipinski definition) is 3. The summed E-state index contributed by atoms with van der Waals surface area (Å²) in [4.78, 5) is 24.1. The van der Waals surface area contributed by atoms with Crippen LogP contribution in [-0.2, 0) is 0 Å². The Labute approximate surface area is 138 Å². The summed E-state index contributed by atoms with van der Waals surface area (Å²) in [6.07, 6.45) is 0. The molecule has 0 aliphatic rings. The third-order valence-electron chi connectivity index (χ3n) is 3.56. The van der Waals surface area contributed by atoms with Crippen LogP contribution in [0.5, 0.6) is 0 Å². The Hall–Kier alpha value is -2.60. The molecule has 0 fully saturated rings. The molecule has 2 aromatic rings. The van der Waals surface area contributed by atoms with E-state index in [4.69, 9.17) is 11.6 Å². The van der Waals surface area contributed by atoms with Gasteiger partial charge in [0.15, 0.2) is 0 Å². The minimum absolute atomic E-state index is 0.0791. The van der Waals surface area contributed by atoms with Gasteiger partial charge in [-0.05, 0) is 24.6 Å². The molecule has 0 radical (unpaired) electrons. The third-order valence-corrected chi connectivity index (χ3v) is 3.91. The van der Waals surface area contributed by atoms with Crippen LogP contribution in [0.3, 0.4) is 0 Å². The zero-order chi connectivity index (χ0) is 17.0. The summed E-state index contributed by atoms with van der Waals surface area (Å²) >= 11 is 6.15. The molecule has 2 aromatic carbocycles. The predicted molar refractivity (Wildman–Crippen MR) is 89.7 cm³/mol. The molecule has 0 aromatic heterocycles. The SMILES string of the molecule is CC(c1ccccc1Cl)N(C)C(=O)Nc1cccc([N+](=O)[O-])c1. The fourth-order valence-corrected chi connectivity index (χ4v) is 2.40. The number of amides is 2. The molecule has 120 valence electrons. The van der Waals surface area contributed by atoms with E-state index in [2.05, 4.69) is 5.32 Å². The summed E-state index contributed by atoms with van der Waals surface area (Å²) in [5, 5.41) is 14.0. The largest absolute Gasteiger partial charge is 0.322 e. The molecule has 0 spiro atoms.